The number of nitrogens with zero attached hydrogens (tertiary/aromatic N) is 1. The van der Waals surface area contributed by atoms with Crippen LogP contribution in [0.1, 0.15) is 27.2 Å². The minimum Gasteiger partial charge on any atom is -0.478 e. The van der Waals surface area contributed by atoms with Crippen molar-refractivity contribution >= 4 is 11.9 Å². The third kappa shape index (κ3) is 4.33. The van der Waals surface area contributed by atoms with Gasteiger partial charge in [-0.15, -0.1) is 0 Å². The summed E-state index contributed by atoms with van der Waals surface area (Å²) in [4.78, 5) is 24.0. The highest BCUT2D eigenvalue weighted by atomic mass is 16.4. The van der Waals surface area contributed by atoms with Crippen LogP contribution in [0.4, 0.5) is 0 Å². The number of carbonyl (C=O) groups is 2. The molecule has 0 aliphatic heterocycles. The molecule has 0 unspecified atom stereocenters. The van der Waals surface area contributed by atoms with Crippen LogP contribution in [0, 0.1) is 0 Å². The number of likely N-dealkylation sites (N-methyl/N-ethyl adjacent to an activating group) is 1. The summed E-state index contributed by atoms with van der Waals surface area (Å²) in [6, 6.07) is 0. The van der Waals surface area contributed by atoms with Crippen molar-refractivity contribution in [2.75, 3.05) is 20.6 Å². The lowest BCUT2D eigenvalue weighted by Gasteiger charge is -2.18. The molecule has 5 nitrogen and oxygen atoms in total. The molecule has 0 amide bonds. The van der Waals surface area contributed by atoms with Crippen molar-refractivity contribution in [3.8, 4) is 0 Å². The van der Waals surface area contributed by atoms with E-state index in [-0.39, 0.29) is 11.1 Å². The van der Waals surface area contributed by atoms with Crippen LogP contribution < -0.4 is 0 Å². The van der Waals surface area contributed by atoms with Crippen LogP contribution in [0.3, 0.4) is 0 Å². The highest BCUT2D eigenvalue weighted by molar-refractivity contribution is 5.91. The molecule has 0 saturated heterocycles. The van der Waals surface area contributed by atoms with Gasteiger partial charge in [0.05, 0.1) is 0 Å². The predicted octanol–water partition coefficient (Wildman–Crippen LogP) is 1.76. The fourth-order valence-electron chi connectivity index (χ4n) is 1.64. The van der Waals surface area contributed by atoms with Gasteiger partial charge in [-0.2, -0.15) is 0 Å². The Kier molecular flexibility index (Phi) is 6.33. The molecule has 0 atom stereocenters. The van der Waals surface area contributed by atoms with Gasteiger partial charge in [0.2, 0.25) is 0 Å². The first-order chi connectivity index (χ1) is 8.22. The second-order valence-electron chi connectivity index (χ2n) is 4.41. The first-order valence-corrected chi connectivity index (χ1v) is 5.73. The Morgan fingerprint density at radius 3 is 1.72 bits per heavy atom. The molecule has 0 heterocycles. The summed E-state index contributed by atoms with van der Waals surface area (Å²) in [7, 11) is 3.64. The Balaban J connectivity index is 5.86. The third-order valence-corrected chi connectivity index (χ3v) is 2.79. The number of aliphatic carboxylic acids is 2. The van der Waals surface area contributed by atoms with Crippen LogP contribution >= 0.6 is 0 Å². The first-order valence-electron chi connectivity index (χ1n) is 5.73. The molecule has 0 radical (unpaired) electrons. The number of carboxylic acids is 2. The molecule has 0 fully saturated rings. The van der Waals surface area contributed by atoms with E-state index in [0.717, 1.165) is 0 Å². The number of carboxylic acid groups (broad SMARTS) is 2. The maximum absolute atomic E-state index is 11.2. The van der Waals surface area contributed by atoms with E-state index in [2.05, 4.69) is 0 Å². The van der Waals surface area contributed by atoms with E-state index in [9.17, 15) is 14.7 Å². The molecule has 0 spiro atoms. The molecule has 0 saturated carbocycles. The van der Waals surface area contributed by atoms with E-state index in [1.165, 1.54) is 6.92 Å². The van der Waals surface area contributed by atoms with Gasteiger partial charge in [-0.1, -0.05) is 6.92 Å². The maximum atomic E-state index is 11.2. The van der Waals surface area contributed by atoms with Gasteiger partial charge in [-0.25, -0.2) is 9.59 Å². The van der Waals surface area contributed by atoms with Gasteiger partial charge >= 0.3 is 11.9 Å². The Morgan fingerprint density at radius 1 is 0.944 bits per heavy atom. The van der Waals surface area contributed by atoms with Crippen molar-refractivity contribution in [2.24, 2.45) is 0 Å². The average molecular weight is 255 g/mol. The zero-order valence-electron chi connectivity index (χ0n) is 11.6. The smallest absolute Gasteiger partial charge is 0.331 e. The van der Waals surface area contributed by atoms with Gasteiger partial charge in [-0.3, -0.25) is 0 Å². The Labute approximate surface area is 107 Å². The Hall–Kier alpha value is -1.62. The van der Waals surface area contributed by atoms with Crippen molar-refractivity contribution < 1.29 is 19.8 Å². The van der Waals surface area contributed by atoms with Gasteiger partial charge in [0.25, 0.3) is 0 Å². The molecule has 0 aromatic rings. The lowest BCUT2D eigenvalue weighted by molar-refractivity contribution is -0.133. The van der Waals surface area contributed by atoms with E-state index < -0.39 is 11.9 Å². The first kappa shape index (κ1) is 16.4. The fraction of sp³-hybridized carbons (Fsp3) is 0.538. The number of rotatable bonds is 6. The van der Waals surface area contributed by atoms with Crippen LogP contribution in [0.5, 0.6) is 0 Å². The molecule has 0 aromatic heterocycles. The van der Waals surface area contributed by atoms with E-state index in [1.807, 2.05) is 19.0 Å². The summed E-state index contributed by atoms with van der Waals surface area (Å²) in [5, 5.41) is 18.2. The molecule has 0 aromatic carbocycles. The van der Waals surface area contributed by atoms with E-state index >= 15 is 0 Å². The largest absolute Gasteiger partial charge is 0.478 e. The summed E-state index contributed by atoms with van der Waals surface area (Å²) in [5.41, 5.74) is 1.55. The van der Waals surface area contributed by atoms with Gasteiger partial charge in [-0.05, 0) is 45.5 Å². The van der Waals surface area contributed by atoms with Crippen LogP contribution in [-0.4, -0.2) is 47.7 Å². The molecule has 5 heteroatoms. The van der Waals surface area contributed by atoms with E-state index in [4.69, 9.17) is 5.11 Å². The predicted molar refractivity (Wildman–Crippen MR) is 69.5 cm³/mol. The Bertz CT molecular complexity index is 405. The molecule has 102 valence electrons. The minimum atomic E-state index is -1.02. The van der Waals surface area contributed by atoms with Crippen molar-refractivity contribution in [3.63, 3.8) is 0 Å². The van der Waals surface area contributed by atoms with Crippen molar-refractivity contribution in [3.05, 3.63) is 22.3 Å². The lowest BCUT2D eigenvalue weighted by atomic mass is 9.95. The number of hydrogen-bond acceptors (Lipinski definition) is 3. The zero-order chi connectivity index (χ0) is 14.5. The average Bonchev–Trinajstić information content (AvgIpc) is 2.25. The topological polar surface area (TPSA) is 77.8 Å². The SMILES string of the molecule is CCC(C(=O)O)=C(CN(C)C)C(C)=C(C)C(=O)O. The lowest BCUT2D eigenvalue weighted by Crippen LogP contribution is -2.20. The molecular weight excluding hydrogens is 234 g/mol. The highest BCUT2D eigenvalue weighted by Gasteiger charge is 2.18. The maximum Gasteiger partial charge on any atom is 0.331 e. The van der Waals surface area contributed by atoms with Gasteiger partial charge in [0, 0.05) is 17.7 Å². The second kappa shape index (κ2) is 6.96. The van der Waals surface area contributed by atoms with Crippen molar-refractivity contribution in [1.82, 2.24) is 4.90 Å². The van der Waals surface area contributed by atoms with Gasteiger partial charge in [0.1, 0.15) is 0 Å². The minimum absolute atomic E-state index is 0.180. The molecule has 0 aliphatic rings. The van der Waals surface area contributed by atoms with Crippen LogP contribution in [0.15, 0.2) is 22.3 Å². The van der Waals surface area contributed by atoms with Gasteiger partial charge in [0.15, 0.2) is 0 Å². The molecule has 0 aliphatic carbocycles. The van der Waals surface area contributed by atoms with Crippen LogP contribution in [0.25, 0.3) is 0 Å². The number of hydrogen-bond donors (Lipinski definition) is 2. The van der Waals surface area contributed by atoms with Crippen molar-refractivity contribution in [2.45, 2.75) is 27.2 Å². The summed E-state index contributed by atoms with van der Waals surface area (Å²) in [6.45, 7) is 5.30. The summed E-state index contributed by atoms with van der Waals surface area (Å²) < 4.78 is 0. The molecule has 0 rings (SSSR count). The highest BCUT2D eigenvalue weighted by Crippen LogP contribution is 2.21. The van der Waals surface area contributed by atoms with Crippen LogP contribution in [0.2, 0.25) is 0 Å². The zero-order valence-corrected chi connectivity index (χ0v) is 11.6. The fourth-order valence-corrected chi connectivity index (χ4v) is 1.64. The molecule has 2 N–H and O–H groups in total. The van der Waals surface area contributed by atoms with Crippen molar-refractivity contribution in [1.29, 1.82) is 0 Å². The van der Waals surface area contributed by atoms with E-state index in [0.29, 0.717) is 24.1 Å². The summed E-state index contributed by atoms with van der Waals surface area (Å²) in [5.74, 6) is -2.02. The Morgan fingerprint density at radius 2 is 1.44 bits per heavy atom. The molecule has 18 heavy (non-hydrogen) atoms. The van der Waals surface area contributed by atoms with Gasteiger partial charge < -0.3 is 15.1 Å². The monoisotopic (exact) mass is 255 g/mol. The van der Waals surface area contributed by atoms with E-state index in [1.54, 1.807) is 13.8 Å². The third-order valence-electron chi connectivity index (χ3n) is 2.79. The standard InChI is InChI=1S/C13H21NO4/c1-6-10(13(17)18)11(7-14(4)5)8(2)9(3)12(15)16/h6-7H2,1-5H3,(H,15,16)(H,17,18). The summed E-state index contributed by atoms with van der Waals surface area (Å²) >= 11 is 0. The second-order valence-corrected chi connectivity index (χ2v) is 4.41. The van der Waals surface area contributed by atoms with Crippen LogP contribution in [-0.2, 0) is 9.59 Å². The quantitative estimate of drug-likeness (QED) is 0.558. The molecule has 0 bridgehead atoms. The normalized spacial score (nSPS) is 14.1. The summed E-state index contributed by atoms with van der Waals surface area (Å²) in [6.07, 6.45) is 0.364. The molecular formula is C13H21NO4.